The maximum Gasteiger partial charge on any atom is 0.352 e. The van der Waals surface area contributed by atoms with Crippen LogP contribution >= 0.6 is 23.2 Å². The van der Waals surface area contributed by atoms with Crippen LogP contribution in [0, 0.1) is 0 Å². The fraction of sp³-hybridized carbons (Fsp3) is 0.150. The molecule has 0 N–H and O–H groups in total. The summed E-state index contributed by atoms with van der Waals surface area (Å²) >= 11 is 11.9. The van der Waals surface area contributed by atoms with E-state index in [9.17, 15) is 9.59 Å². The van der Waals surface area contributed by atoms with E-state index in [1.54, 1.807) is 43.4 Å². The Labute approximate surface area is 180 Å². The number of benzene rings is 2. The van der Waals surface area contributed by atoms with Gasteiger partial charge >= 0.3 is 5.69 Å². The molecule has 2 aromatic carbocycles. The fourth-order valence-corrected chi connectivity index (χ4v) is 3.14. The topological polar surface area (TPSA) is 91.9 Å². The van der Waals surface area contributed by atoms with Gasteiger partial charge in [0.1, 0.15) is 12.4 Å². The van der Waals surface area contributed by atoms with Gasteiger partial charge in [-0.15, -0.1) is 0 Å². The zero-order valence-electron chi connectivity index (χ0n) is 16.0. The molecule has 0 unspecified atom stereocenters. The van der Waals surface area contributed by atoms with Gasteiger partial charge < -0.3 is 4.74 Å². The van der Waals surface area contributed by atoms with Crippen molar-refractivity contribution in [2.24, 2.45) is 14.1 Å². The van der Waals surface area contributed by atoms with Gasteiger partial charge in [-0.05, 0) is 42.0 Å². The second kappa shape index (κ2) is 7.89. The third-order valence-electron chi connectivity index (χ3n) is 4.48. The molecule has 2 aliphatic heterocycles. The lowest BCUT2D eigenvalue weighted by Crippen LogP contribution is -2.36. The van der Waals surface area contributed by atoms with E-state index in [4.69, 9.17) is 27.9 Å². The van der Waals surface area contributed by atoms with Crippen molar-refractivity contribution in [1.82, 2.24) is 24.3 Å². The third-order valence-corrected chi connectivity index (χ3v) is 5.22. The smallest absolute Gasteiger partial charge is 0.352 e. The molecular weight excluding hydrogens is 429 g/mol. The monoisotopic (exact) mass is 443 g/mol. The van der Waals surface area contributed by atoms with E-state index in [2.05, 4.69) is 15.1 Å². The van der Waals surface area contributed by atoms with Crippen LogP contribution in [0.1, 0.15) is 5.56 Å². The molecule has 0 radical (unpaired) electrons. The molecule has 0 aliphatic carbocycles. The highest BCUT2D eigenvalue weighted by Crippen LogP contribution is 2.25. The lowest BCUT2D eigenvalue weighted by Gasteiger charge is -2.12. The Kier molecular flexibility index (Phi) is 5.27. The summed E-state index contributed by atoms with van der Waals surface area (Å²) < 4.78 is 8.06. The van der Waals surface area contributed by atoms with Crippen LogP contribution in [0.15, 0.2) is 52.1 Å². The second-order valence-electron chi connectivity index (χ2n) is 6.55. The van der Waals surface area contributed by atoms with Gasteiger partial charge in [0.25, 0.3) is 5.56 Å². The minimum Gasteiger partial charge on any atom is -0.489 e. The summed E-state index contributed by atoms with van der Waals surface area (Å²) in [6.45, 7) is 0.330. The molecular formula is C20H15Cl2N5O3. The summed E-state index contributed by atoms with van der Waals surface area (Å²) in [7, 11) is 2.97. The molecule has 2 heterocycles. The molecule has 0 bridgehead atoms. The molecule has 8 nitrogen and oxygen atoms in total. The maximum absolute atomic E-state index is 12.4. The Hall–Kier alpha value is -3.23. The van der Waals surface area contributed by atoms with E-state index < -0.39 is 11.2 Å². The normalized spacial score (nSPS) is 11.1. The predicted octanol–water partition coefficient (Wildman–Crippen LogP) is 2.93. The number of hydrogen-bond acceptors (Lipinski definition) is 6. The van der Waals surface area contributed by atoms with Gasteiger partial charge in [-0.25, -0.2) is 14.5 Å². The van der Waals surface area contributed by atoms with Crippen molar-refractivity contribution in [2.45, 2.75) is 6.61 Å². The molecule has 152 valence electrons. The van der Waals surface area contributed by atoms with Crippen LogP contribution in [0.3, 0.4) is 0 Å². The van der Waals surface area contributed by atoms with E-state index >= 15 is 0 Å². The molecule has 2 aromatic rings. The van der Waals surface area contributed by atoms with Crippen LogP contribution in [0.5, 0.6) is 5.75 Å². The number of ether oxygens (including phenoxy) is 1. The quantitative estimate of drug-likeness (QED) is 0.481. The molecule has 0 atom stereocenters. The average Bonchev–Trinajstić information content (AvgIpc) is 2.74. The lowest BCUT2D eigenvalue weighted by atomic mass is 10.2. The highest BCUT2D eigenvalue weighted by molar-refractivity contribution is 6.42. The average molecular weight is 444 g/mol. The summed E-state index contributed by atoms with van der Waals surface area (Å²) in [5, 5.41) is 5.27. The first-order valence-electron chi connectivity index (χ1n) is 8.83. The minimum atomic E-state index is -0.650. The summed E-state index contributed by atoms with van der Waals surface area (Å²) in [5.41, 5.74) is 0.473. The lowest BCUT2D eigenvalue weighted by molar-refractivity contribution is 0.306. The van der Waals surface area contributed by atoms with E-state index in [-0.39, 0.29) is 11.5 Å². The van der Waals surface area contributed by atoms with Crippen LogP contribution in [0.2, 0.25) is 10.0 Å². The van der Waals surface area contributed by atoms with E-state index in [1.165, 1.54) is 11.7 Å². The van der Waals surface area contributed by atoms with Crippen LogP contribution in [0.25, 0.3) is 22.9 Å². The zero-order valence-corrected chi connectivity index (χ0v) is 17.5. The Bertz CT molecular complexity index is 1330. The summed E-state index contributed by atoms with van der Waals surface area (Å²) in [5.74, 6) is 1.11. The van der Waals surface area contributed by atoms with Gasteiger partial charge in [-0.2, -0.15) is 10.1 Å². The van der Waals surface area contributed by atoms with E-state index in [0.717, 1.165) is 10.1 Å². The van der Waals surface area contributed by atoms with Crippen LogP contribution < -0.4 is 16.0 Å². The maximum atomic E-state index is 12.4. The number of halogens is 2. The molecule has 0 saturated heterocycles. The van der Waals surface area contributed by atoms with Gasteiger partial charge in [-0.3, -0.25) is 9.36 Å². The SMILES string of the molecule is Cn1nc(-c2ccc(OCc3ccc(Cl)c(Cl)c3)cc2)nc2c(=O)n(C)c(=O)nc1-2. The number of nitrogens with zero attached hydrogens (tertiary/aromatic N) is 5. The summed E-state index contributed by atoms with van der Waals surface area (Å²) in [6.07, 6.45) is 0. The van der Waals surface area contributed by atoms with Crippen molar-refractivity contribution in [3.63, 3.8) is 0 Å². The molecule has 30 heavy (non-hydrogen) atoms. The molecule has 0 aromatic heterocycles. The summed E-state index contributed by atoms with van der Waals surface area (Å²) in [4.78, 5) is 32.3. The second-order valence-corrected chi connectivity index (χ2v) is 7.37. The minimum absolute atomic E-state index is 0.0737. The first-order valence-corrected chi connectivity index (χ1v) is 9.58. The first-order chi connectivity index (χ1) is 14.3. The van der Waals surface area contributed by atoms with Gasteiger partial charge in [0, 0.05) is 19.7 Å². The number of aryl methyl sites for hydroxylation is 1. The van der Waals surface area contributed by atoms with E-state index in [0.29, 0.717) is 33.8 Å². The Balaban J connectivity index is 1.60. The Morgan fingerprint density at radius 1 is 0.967 bits per heavy atom. The molecule has 0 amide bonds. The van der Waals surface area contributed by atoms with Gasteiger partial charge in [0.2, 0.25) is 0 Å². The van der Waals surface area contributed by atoms with Gasteiger partial charge in [0.15, 0.2) is 17.3 Å². The van der Waals surface area contributed by atoms with E-state index in [1.807, 2.05) is 6.07 Å². The van der Waals surface area contributed by atoms with Gasteiger partial charge in [0.05, 0.1) is 10.0 Å². The predicted molar refractivity (Wildman–Crippen MR) is 113 cm³/mol. The Morgan fingerprint density at radius 2 is 1.70 bits per heavy atom. The van der Waals surface area contributed by atoms with Crippen LogP contribution in [-0.4, -0.2) is 24.3 Å². The van der Waals surface area contributed by atoms with Crippen LogP contribution in [-0.2, 0) is 20.7 Å². The van der Waals surface area contributed by atoms with Crippen molar-refractivity contribution in [1.29, 1.82) is 0 Å². The standard InChI is InChI=1S/C20H15Cl2N5O3/c1-26-19(28)16-18(24-20(26)29)27(2)25-17(23-16)12-4-6-13(7-5-12)30-10-11-3-8-14(21)15(22)9-11/h3-9H,10H2,1-2H3. The molecule has 10 heteroatoms. The van der Waals surface area contributed by atoms with Crippen molar-refractivity contribution >= 4 is 23.2 Å². The van der Waals surface area contributed by atoms with Crippen molar-refractivity contribution in [3.8, 4) is 28.7 Å². The van der Waals surface area contributed by atoms with Crippen LogP contribution in [0.4, 0.5) is 0 Å². The number of rotatable bonds is 4. The largest absolute Gasteiger partial charge is 0.489 e. The highest BCUT2D eigenvalue weighted by atomic mass is 35.5. The summed E-state index contributed by atoms with van der Waals surface area (Å²) in [6, 6.07) is 12.4. The number of fused-ring (bicyclic) bond motifs is 1. The Morgan fingerprint density at radius 3 is 2.40 bits per heavy atom. The number of aromatic nitrogens is 5. The molecule has 4 rings (SSSR count). The van der Waals surface area contributed by atoms with Gasteiger partial charge in [-0.1, -0.05) is 29.3 Å². The molecule has 0 saturated carbocycles. The first kappa shape index (κ1) is 20.1. The zero-order chi connectivity index (χ0) is 21.4. The fourth-order valence-electron chi connectivity index (χ4n) is 2.82. The molecule has 0 spiro atoms. The highest BCUT2D eigenvalue weighted by Gasteiger charge is 2.19. The third kappa shape index (κ3) is 3.79. The van der Waals surface area contributed by atoms with Crippen molar-refractivity contribution in [2.75, 3.05) is 0 Å². The van der Waals surface area contributed by atoms with Crippen molar-refractivity contribution < 1.29 is 4.74 Å². The molecule has 0 fully saturated rings. The number of hydrogen-bond donors (Lipinski definition) is 0. The van der Waals surface area contributed by atoms with Crippen molar-refractivity contribution in [3.05, 3.63) is 78.9 Å². The molecule has 2 aliphatic rings.